The number of amides is 1. The molecule has 1 atom stereocenters. The average molecular weight is 488 g/mol. The number of allylic oxidation sites excluding steroid dienone is 1. The molecule has 2 heterocycles. The van der Waals surface area contributed by atoms with Crippen LogP contribution in [0.3, 0.4) is 0 Å². The standard InChI is InChI=1S/C27H22ClN3O2S/c28-21-8-10-22(11-9-21)30-17-31-26(32)14-24(25(15-29)27(31)34-18-30)20-6-12-23(13-7-20)33-16-19-4-2-1-3-5-19/h1-13,24H,14,16-18H2/t24-/m0/s1. The first-order chi connectivity index (χ1) is 16.6. The van der Waals surface area contributed by atoms with E-state index >= 15 is 0 Å². The van der Waals surface area contributed by atoms with E-state index in [0.29, 0.717) is 29.7 Å². The van der Waals surface area contributed by atoms with Crippen molar-refractivity contribution in [1.82, 2.24) is 4.90 Å². The van der Waals surface area contributed by atoms with Gasteiger partial charge in [0.15, 0.2) is 0 Å². The van der Waals surface area contributed by atoms with E-state index in [1.54, 1.807) is 4.90 Å². The SMILES string of the molecule is N#CC1=C2SCN(c3ccc(Cl)cc3)CN2C(=O)C[C@H]1c1ccc(OCc2ccccc2)cc1. The van der Waals surface area contributed by atoms with Gasteiger partial charge in [0.1, 0.15) is 12.4 Å². The fraction of sp³-hybridized carbons (Fsp3) is 0.185. The Hall–Kier alpha value is -3.40. The number of nitrogens with zero attached hydrogens (tertiary/aromatic N) is 3. The molecule has 170 valence electrons. The molecule has 2 aliphatic rings. The Morgan fingerprint density at radius 3 is 2.47 bits per heavy atom. The summed E-state index contributed by atoms with van der Waals surface area (Å²) in [6, 6.07) is 27.7. The monoisotopic (exact) mass is 487 g/mol. The number of hydrogen-bond acceptors (Lipinski definition) is 5. The van der Waals surface area contributed by atoms with Crippen molar-refractivity contribution in [2.45, 2.75) is 18.9 Å². The molecule has 0 aliphatic carbocycles. The van der Waals surface area contributed by atoms with Gasteiger partial charge < -0.3 is 9.64 Å². The zero-order valence-corrected chi connectivity index (χ0v) is 19.9. The van der Waals surface area contributed by atoms with Gasteiger partial charge in [-0.1, -0.05) is 65.8 Å². The highest BCUT2D eigenvalue weighted by Gasteiger charge is 2.38. The summed E-state index contributed by atoms with van der Waals surface area (Å²) in [5, 5.41) is 11.5. The van der Waals surface area contributed by atoms with E-state index in [1.165, 1.54) is 11.8 Å². The van der Waals surface area contributed by atoms with E-state index in [-0.39, 0.29) is 18.2 Å². The van der Waals surface area contributed by atoms with Gasteiger partial charge in [0.25, 0.3) is 0 Å². The summed E-state index contributed by atoms with van der Waals surface area (Å²) >= 11 is 7.54. The Morgan fingerprint density at radius 1 is 1.03 bits per heavy atom. The quantitative estimate of drug-likeness (QED) is 0.432. The highest BCUT2D eigenvalue weighted by Crippen LogP contribution is 2.43. The van der Waals surface area contributed by atoms with Crippen molar-refractivity contribution in [2.75, 3.05) is 17.4 Å². The van der Waals surface area contributed by atoms with E-state index in [4.69, 9.17) is 16.3 Å². The zero-order chi connectivity index (χ0) is 23.5. The number of benzene rings is 3. The molecule has 34 heavy (non-hydrogen) atoms. The molecule has 3 aromatic carbocycles. The van der Waals surface area contributed by atoms with Gasteiger partial charge in [-0.25, -0.2) is 0 Å². The lowest BCUT2D eigenvalue weighted by Gasteiger charge is -2.42. The first kappa shape index (κ1) is 22.4. The smallest absolute Gasteiger partial charge is 0.229 e. The summed E-state index contributed by atoms with van der Waals surface area (Å²) in [6.07, 6.45) is 0.269. The van der Waals surface area contributed by atoms with Crippen LogP contribution in [-0.2, 0) is 11.4 Å². The zero-order valence-electron chi connectivity index (χ0n) is 18.4. The second-order valence-electron chi connectivity index (χ2n) is 8.18. The minimum Gasteiger partial charge on any atom is -0.489 e. The molecule has 1 fully saturated rings. The lowest BCUT2D eigenvalue weighted by Crippen LogP contribution is -2.47. The molecular formula is C27H22ClN3O2S. The fourth-order valence-corrected chi connectivity index (χ4v) is 5.49. The minimum atomic E-state index is -0.249. The van der Waals surface area contributed by atoms with Crippen LogP contribution >= 0.6 is 23.4 Å². The van der Waals surface area contributed by atoms with E-state index in [0.717, 1.165) is 27.6 Å². The predicted molar refractivity (Wildman–Crippen MR) is 135 cm³/mol. The van der Waals surface area contributed by atoms with Crippen molar-refractivity contribution in [2.24, 2.45) is 0 Å². The van der Waals surface area contributed by atoms with Crippen LogP contribution in [0.4, 0.5) is 5.69 Å². The lowest BCUT2D eigenvalue weighted by atomic mass is 9.86. The maximum atomic E-state index is 13.1. The van der Waals surface area contributed by atoms with E-state index in [2.05, 4.69) is 11.0 Å². The summed E-state index contributed by atoms with van der Waals surface area (Å²) in [6.45, 7) is 0.915. The Kier molecular flexibility index (Phi) is 6.48. The van der Waals surface area contributed by atoms with Gasteiger partial charge in [-0.15, -0.1) is 0 Å². The van der Waals surface area contributed by atoms with Crippen molar-refractivity contribution in [1.29, 1.82) is 5.26 Å². The molecular weight excluding hydrogens is 466 g/mol. The molecule has 3 aromatic rings. The van der Waals surface area contributed by atoms with Gasteiger partial charge in [-0.3, -0.25) is 9.69 Å². The third-order valence-corrected chi connectivity index (χ3v) is 7.42. The van der Waals surface area contributed by atoms with Gasteiger partial charge in [0, 0.05) is 23.0 Å². The summed E-state index contributed by atoms with van der Waals surface area (Å²) in [5.74, 6) is 1.19. The summed E-state index contributed by atoms with van der Waals surface area (Å²) < 4.78 is 5.89. The molecule has 0 saturated carbocycles. The number of hydrogen-bond donors (Lipinski definition) is 0. The number of carbonyl (C=O) groups is 1. The fourth-order valence-electron chi connectivity index (χ4n) is 4.20. The van der Waals surface area contributed by atoms with Crippen LogP contribution in [0.25, 0.3) is 0 Å². The Morgan fingerprint density at radius 2 is 1.76 bits per heavy atom. The Balaban J connectivity index is 1.33. The van der Waals surface area contributed by atoms with Gasteiger partial charge in [0.05, 0.1) is 29.2 Å². The van der Waals surface area contributed by atoms with Gasteiger partial charge in [0.2, 0.25) is 5.91 Å². The molecule has 2 aliphatic heterocycles. The van der Waals surface area contributed by atoms with Crippen molar-refractivity contribution in [3.8, 4) is 11.8 Å². The topological polar surface area (TPSA) is 56.6 Å². The van der Waals surface area contributed by atoms with E-state index < -0.39 is 0 Å². The van der Waals surface area contributed by atoms with Gasteiger partial charge in [-0.05, 0) is 47.5 Å². The van der Waals surface area contributed by atoms with E-state index in [1.807, 2.05) is 78.9 Å². The molecule has 0 bridgehead atoms. The largest absolute Gasteiger partial charge is 0.489 e. The number of rotatable bonds is 5. The van der Waals surface area contributed by atoms with Crippen LogP contribution < -0.4 is 9.64 Å². The summed E-state index contributed by atoms with van der Waals surface area (Å²) in [7, 11) is 0. The maximum absolute atomic E-state index is 13.1. The molecule has 1 amide bonds. The number of nitriles is 1. The number of thioether (sulfide) groups is 1. The summed E-state index contributed by atoms with van der Waals surface area (Å²) in [4.78, 5) is 17.0. The number of halogens is 1. The van der Waals surface area contributed by atoms with Gasteiger partial charge >= 0.3 is 0 Å². The molecule has 0 spiro atoms. The van der Waals surface area contributed by atoms with Crippen molar-refractivity contribution in [3.63, 3.8) is 0 Å². The average Bonchev–Trinajstić information content (AvgIpc) is 2.89. The maximum Gasteiger partial charge on any atom is 0.229 e. The molecule has 5 nitrogen and oxygen atoms in total. The molecule has 0 aromatic heterocycles. The second-order valence-corrected chi connectivity index (χ2v) is 9.55. The van der Waals surface area contributed by atoms with Gasteiger partial charge in [-0.2, -0.15) is 5.26 Å². The lowest BCUT2D eigenvalue weighted by molar-refractivity contribution is -0.129. The number of fused-ring (bicyclic) bond motifs is 1. The first-order valence-electron chi connectivity index (χ1n) is 11.0. The van der Waals surface area contributed by atoms with E-state index in [9.17, 15) is 10.1 Å². The van der Waals surface area contributed by atoms with Crippen LogP contribution in [0, 0.1) is 11.3 Å². The molecule has 1 saturated heterocycles. The van der Waals surface area contributed by atoms with Crippen LogP contribution in [0.15, 0.2) is 89.5 Å². The molecule has 0 N–H and O–H groups in total. The number of carbonyl (C=O) groups excluding carboxylic acids is 1. The molecule has 5 rings (SSSR count). The minimum absolute atomic E-state index is 0.0227. The normalized spacial score (nSPS) is 17.9. The van der Waals surface area contributed by atoms with Crippen molar-refractivity contribution >= 4 is 35.0 Å². The first-order valence-corrected chi connectivity index (χ1v) is 12.3. The van der Waals surface area contributed by atoms with Crippen LogP contribution in [0.1, 0.15) is 23.5 Å². The number of ether oxygens (including phenoxy) is 1. The highest BCUT2D eigenvalue weighted by molar-refractivity contribution is 8.03. The molecule has 0 unspecified atom stereocenters. The summed E-state index contributed by atoms with van der Waals surface area (Å²) in [5.41, 5.74) is 3.70. The third kappa shape index (κ3) is 4.63. The Bertz CT molecular complexity index is 1250. The third-order valence-electron chi connectivity index (χ3n) is 6.02. The predicted octanol–water partition coefficient (Wildman–Crippen LogP) is 6.14. The molecule has 7 heteroatoms. The van der Waals surface area contributed by atoms with Crippen LogP contribution in [0.5, 0.6) is 5.75 Å². The second kappa shape index (κ2) is 9.84. The highest BCUT2D eigenvalue weighted by atomic mass is 35.5. The van der Waals surface area contributed by atoms with Crippen LogP contribution in [0.2, 0.25) is 5.02 Å². The van der Waals surface area contributed by atoms with Crippen LogP contribution in [-0.4, -0.2) is 23.4 Å². The molecule has 0 radical (unpaired) electrons. The Labute approximate surface area is 208 Å². The van der Waals surface area contributed by atoms with Crippen molar-refractivity contribution < 1.29 is 9.53 Å². The van der Waals surface area contributed by atoms with Crippen molar-refractivity contribution in [3.05, 3.63) is 106 Å². The number of anilines is 1.